The molecule has 184 valence electrons. The van der Waals surface area contributed by atoms with Crippen LogP contribution in [0.4, 0.5) is 0 Å². The second-order valence-corrected chi connectivity index (χ2v) is 8.72. The fourth-order valence-electron chi connectivity index (χ4n) is 2.87. The molecule has 7 N–H and O–H groups in total. The highest BCUT2D eigenvalue weighted by Gasteiger charge is 2.30. The Morgan fingerprint density at radius 3 is 1.88 bits per heavy atom. The van der Waals surface area contributed by atoms with Crippen LogP contribution in [0.25, 0.3) is 0 Å². The van der Waals surface area contributed by atoms with E-state index >= 15 is 0 Å². The number of amides is 3. The van der Waals surface area contributed by atoms with Crippen molar-refractivity contribution < 1.29 is 29.4 Å². The minimum absolute atomic E-state index is 0.00285. The van der Waals surface area contributed by atoms with Crippen molar-refractivity contribution in [2.24, 2.45) is 11.7 Å². The molecule has 1 rings (SSSR count). The summed E-state index contributed by atoms with van der Waals surface area (Å²) in [5.74, 6) is -3.14. The van der Waals surface area contributed by atoms with Crippen molar-refractivity contribution in [2.75, 3.05) is 11.5 Å². The highest BCUT2D eigenvalue weighted by atomic mass is 32.1. The lowest BCUT2D eigenvalue weighted by molar-refractivity contribution is -0.141. The standard InChI is InChI=1S/C21H32N4O6S2/c1-11(2)7-15(19(28)25-17(10-33)21(30)31)24-20(29)16(23-18(27)14(22)9-32)8-12-3-5-13(26)6-4-12/h3-6,11,14-17,26,32-33H,7-10,22H2,1-2H3,(H,23,27)(H,24,29)(H,25,28)(H,30,31). The first-order chi connectivity index (χ1) is 15.5. The number of hydrogen-bond acceptors (Lipinski definition) is 8. The summed E-state index contributed by atoms with van der Waals surface area (Å²) in [7, 11) is 0. The van der Waals surface area contributed by atoms with E-state index in [1.807, 2.05) is 13.8 Å². The van der Waals surface area contributed by atoms with Gasteiger partial charge in [-0.2, -0.15) is 25.3 Å². The minimum atomic E-state index is -1.24. The fraction of sp³-hybridized carbons (Fsp3) is 0.524. The average Bonchev–Trinajstić information content (AvgIpc) is 2.76. The molecule has 0 radical (unpaired) electrons. The van der Waals surface area contributed by atoms with Gasteiger partial charge in [0, 0.05) is 17.9 Å². The summed E-state index contributed by atoms with van der Waals surface area (Å²) in [6, 6.07) is 1.84. The summed E-state index contributed by atoms with van der Waals surface area (Å²) in [6.45, 7) is 3.70. The highest BCUT2D eigenvalue weighted by molar-refractivity contribution is 7.80. The van der Waals surface area contributed by atoms with Crippen LogP contribution in [0.1, 0.15) is 25.8 Å². The number of phenols is 1. The molecule has 4 atom stereocenters. The molecular formula is C21H32N4O6S2. The first-order valence-corrected chi connectivity index (χ1v) is 11.6. The summed E-state index contributed by atoms with van der Waals surface area (Å²) in [4.78, 5) is 49.4. The van der Waals surface area contributed by atoms with Crippen LogP contribution in [-0.2, 0) is 25.6 Å². The number of benzene rings is 1. The van der Waals surface area contributed by atoms with E-state index in [9.17, 15) is 29.4 Å². The fourth-order valence-corrected chi connectivity index (χ4v) is 3.28. The summed E-state index contributed by atoms with van der Waals surface area (Å²) < 4.78 is 0. The Labute approximate surface area is 203 Å². The number of carbonyl (C=O) groups is 4. The third kappa shape index (κ3) is 9.93. The van der Waals surface area contributed by atoms with Crippen molar-refractivity contribution in [1.82, 2.24) is 16.0 Å². The lowest BCUT2D eigenvalue weighted by Crippen LogP contribution is -2.58. The van der Waals surface area contributed by atoms with Gasteiger partial charge in [-0.1, -0.05) is 26.0 Å². The van der Waals surface area contributed by atoms with Crippen LogP contribution in [0.15, 0.2) is 24.3 Å². The van der Waals surface area contributed by atoms with Gasteiger partial charge in [0.05, 0.1) is 6.04 Å². The monoisotopic (exact) mass is 500 g/mol. The number of aliphatic carboxylic acids is 1. The largest absolute Gasteiger partial charge is 0.508 e. The number of phenolic OH excluding ortho intramolecular Hbond substituents is 1. The van der Waals surface area contributed by atoms with Crippen LogP contribution in [0.5, 0.6) is 5.75 Å². The van der Waals surface area contributed by atoms with Gasteiger partial charge in [-0.3, -0.25) is 14.4 Å². The first kappa shape index (κ1) is 28.6. The molecule has 0 fully saturated rings. The predicted molar refractivity (Wildman–Crippen MR) is 130 cm³/mol. The predicted octanol–water partition coefficient (Wildman–Crippen LogP) is -0.293. The van der Waals surface area contributed by atoms with Crippen LogP contribution < -0.4 is 21.7 Å². The maximum absolute atomic E-state index is 13.1. The molecule has 0 saturated carbocycles. The molecule has 3 amide bonds. The molecule has 33 heavy (non-hydrogen) atoms. The lowest BCUT2D eigenvalue weighted by atomic mass is 10.0. The number of aromatic hydroxyl groups is 1. The molecule has 10 nitrogen and oxygen atoms in total. The minimum Gasteiger partial charge on any atom is -0.508 e. The van der Waals surface area contributed by atoms with Crippen molar-refractivity contribution in [3.05, 3.63) is 29.8 Å². The molecule has 0 aliphatic carbocycles. The molecule has 0 aliphatic heterocycles. The molecule has 0 spiro atoms. The highest BCUT2D eigenvalue weighted by Crippen LogP contribution is 2.12. The number of nitrogens with two attached hydrogens (primary N) is 1. The van der Waals surface area contributed by atoms with E-state index in [2.05, 4.69) is 41.2 Å². The van der Waals surface area contributed by atoms with Crippen molar-refractivity contribution in [3.8, 4) is 5.75 Å². The van der Waals surface area contributed by atoms with Gasteiger partial charge in [-0.05, 0) is 30.0 Å². The van der Waals surface area contributed by atoms with Gasteiger partial charge in [-0.25, -0.2) is 4.79 Å². The van der Waals surface area contributed by atoms with E-state index in [0.29, 0.717) is 5.56 Å². The van der Waals surface area contributed by atoms with Gasteiger partial charge in [0.1, 0.15) is 23.9 Å². The summed E-state index contributed by atoms with van der Waals surface area (Å²) in [6.07, 6.45) is 0.314. The summed E-state index contributed by atoms with van der Waals surface area (Å²) in [5, 5.41) is 26.2. The Hall–Kier alpha value is -2.44. The van der Waals surface area contributed by atoms with Crippen molar-refractivity contribution in [2.45, 2.75) is 50.9 Å². The second kappa shape index (κ2) is 14.0. The van der Waals surface area contributed by atoms with Gasteiger partial charge in [-0.15, -0.1) is 0 Å². The Bertz CT molecular complexity index is 821. The normalized spacial score (nSPS) is 14.6. The average molecular weight is 501 g/mol. The SMILES string of the molecule is CC(C)CC(NC(=O)C(Cc1ccc(O)cc1)NC(=O)C(N)CS)C(=O)NC(CS)C(=O)O. The van der Waals surface area contributed by atoms with E-state index in [0.717, 1.165) is 0 Å². The molecular weight excluding hydrogens is 468 g/mol. The molecule has 0 saturated heterocycles. The van der Waals surface area contributed by atoms with Crippen molar-refractivity contribution >= 4 is 48.9 Å². The van der Waals surface area contributed by atoms with Crippen LogP contribution >= 0.6 is 25.3 Å². The van der Waals surface area contributed by atoms with Crippen molar-refractivity contribution in [1.29, 1.82) is 0 Å². The third-order valence-electron chi connectivity index (χ3n) is 4.68. The number of nitrogens with one attached hydrogen (secondary N) is 3. The van der Waals surface area contributed by atoms with Crippen molar-refractivity contribution in [3.63, 3.8) is 0 Å². The molecule has 0 aromatic heterocycles. The van der Waals surface area contributed by atoms with Gasteiger partial charge < -0.3 is 31.9 Å². The molecule has 4 unspecified atom stereocenters. The van der Waals surface area contributed by atoms with Gasteiger partial charge in [0.2, 0.25) is 17.7 Å². The Morgan fingerprint density at radius 2 is 1.39 bits per heavy atom. The first-order valence-electron chi connectivity index (χ1n) is 10.4. The summed E-state index contributed by atoms with van der Waals surface area (Å²) in [5.41, 5.74) is 6.36. The summed E-state index contributed by atoms with van der Waals surface area (Å²) >= 11 is 7.93. The molecule has 0 heterocycles. The quantitative estimate of drug-likeness (QED) is 0.172. The van der Waals surface area contributed by atoms with Crippen LogP contribution in [0.2, 0.25) is 0 Å². The van der Waals surface area contributed by atoms with Crippen LogP contribution in [-0.4, -0.2) is 69.6 Å². The maximum atomic E-state index is 13.1. The van der Waals surface area contributed by atoms with E-state index in [-0.39, 0.29) is 36.0 Å². The molecule has 0 bridgehead atoms. The van der Waals surface area contributed by atoms with E-state index in [4.69, 9.17) is 5.73 Å². The van der Waals surface area contributed by atoms with Gasteiger partial charge in [0.15, 0.2) is 0 Å². The Morgan fingerprint density at radius 1 is 0.879 bits per heavy atom. The zero-order valence-electron chi connectivity index (χ0n) is 18.5. The maximum Gasteiger partial charge on any atom is 0.327 e. The number of carbonyl (C=O) groups excluding carboxylic acids is 3. The molecule has 1 aromatic rings. The Balaban J connectivity index is 3.08. The number of carboxylic acid groups (broad SMARTS) is 1. The van der Waals surface area contributed by atoms with Crippen LogP contribution in [0, 0.1) is 5.92 Å². The molecule has 1 aromatic carbocycles. The Kier molecular flexibility index (Phi) is 12.1. The smallest absolute Gasteiger partial charge is 0.327 e. The number of thiol groups is 2. The lowest BCUT2D eigenvalue weighted by Gasteiger charge is -2.26. The number of hydrogen-bond donors (Lipinski definition) is 8. The third-order valence-corrected chi connectivity index (χ3v) is 5.44. The van der Waals surface area contributed by atoms with Crippen LogP contribution in [0.3, 0.4) is 0 Å². The number of carboxylic acids is 1. The molecule has 0 aliphatic rings. The second-order valence-electron chi connectivity index (χ2n) is 7.99. The zero-order chi connectivity index (χ0) is 25.1. The van der Waals surface area contributed by atoms with E-state index < -0.39 is 47.9 Å². The van der Waals surface area contributed by atoms with E-state index in [1.165, 1.54) is 12.1 Å². The van der Waals surface area contributed by atoms with Gasteiger partial charge in [0.25, 0.3) is 0 Å². The molecule has 12 heteroatoms. The zero-order valence-corrected chi connectivity index (χ0v) is 20.3. The topological polar surface area (TPSA) is 171 Å². The van der Waals surface area contributed by atoms with E-state index in [1.54, 1.807) is 12.1 Å². The number of rotatable bonds is 13. The van der Waals surface area contributed by atoms with Gasteiger partial charge >= 0.3 is 5.97 Å².